The van der Waals surface area contributed by atoms with E-state index in [0.717, 1.165) is 25.3 Å². The third-order valence-corrected chi connectivity index (χ3v) is 3.47. The van der Waals surface area contributed by atoms with E-state index in [1.165, 1.54) is 11.5 Å². The van der Waals surface area contributed by atoms with Gasteiger partial charge in [-0.3, -0.25) is 20.2 Å². The Bertz CT molecular complexity index is 578. The number of anilines is 2. The van der Waals surface area contributed by atoms with Gasteiger partial charge in [0.05, 0.1) is 12.2 Å². The molecule has 19 heavy (non-hydrogen) atoms. The summed E-state index contributed by atoms with van der Waals surface area (Å²) in [5, 5.41) is 11.5. The maximum absolute atomic E-state index is 11.7. The largest absolute Gasteiger partial charge is 0.326 e. The van der Waals surface area contributed by atoms with E-state index in [1.54, 1.807) is 11.4 Å². The minimum Gasteiger partial charge on any atom is -0.299 e. The molecule has 0 aliphatic carbocycles. The van der Waals surface area contributed by atoms with Gasteiger partial charge < -0.3 is 0 Å². The molecule has 100 valence electrons. The van der Waals surface area contributed by atoms with Crippen LogP contribution in [0.3, 0.4) is 0 Å². The first kappa shape index (κ1) is 12.1. The number of fused-ring (bicyclic) bond motifs is 1. The first-order valence-corrected chi connectivity index (χ1v) is 6.78. The molecule has 0 atom stereocenters. The van der Waals surface area contributed by atoms with Gasteiger partial charge in [0.1, 0.15) is 5.82 Å². The molecule has 1 aliphatic rings. The van der Waals surface area contributed by atoms with Crippen molar-refractivity contribution in [3.8, 4) is 0 Å². The number of rotatable bonds is 2. The second-order valence-corrected chi connectivity index (χ2v) is 5.11. The second kappa shape index (κ2) is 4.98. The fraction of sp³-hybridized carbons (Fsp3) is 0.364. The lowest BCUT2D eigenvalue weighted by atomic mass is 10.3. The van der Waals surface area contributed by atoms with Gasteiger partial charge in [-0.25, -0.2) is 4.79 Å². The average Bonchev–Trinajstić information content (AvgIpc) is 2.97. The van der Waals surface area contributed by atoms with Crippen LogP contribution in [0.5, 0.6) is 0 Å². The Morgan fingerprint density at radius 2 is 2.21 bits per heavy atom. The molecule has 0 aromatic carbocycles. The predicted octanol–water partition coefficient (Wildman–Crippen LogP) is 1.43. The van der Waals surface area contributed by atoms with Crippen LogP contribution in [0.4, 0.5) is 16.4 Å². The van der Waals surface area contributed by atoms with Crippen LogP contribution in [0, 0.1) is 0 Å². The third kappa shape index (κ3) is 2.74. The highest BCUT2D eigenvalue weighted by atomic mass is 32.1. The Hall–Kier alpha value is -1.93. The number of nitrogens with one attached hydrogen (secondary N) is 2. The number of urea groups is 1. The maximum Gasteiger partial charge on any atom is 0.326 e. The number of aromatic nitrogens is 3. The lowest BCUT2D eigenvalue weighted by molar-refractivity contribution is 0.258. The number of carbonyl (C=O) groups excluding carboxylic acids is 1. The van der Waals surface area contributed by atoms with Gasteiger partial charge in [0.15, 0.2) is 5.82 Å². The molecule has 0 unspecified atom stereocenters. The minimum absolute atomic E-state index is 0.324. The molecule has 3 rings (SSSR count). The van der Waals surface area contributed by atoms with Crippen molar-refractivity contribution in [3.63, 3.8) is 0 Å². The topological polar surface area (TPSA) is 75.1 Å². The molecular formula is C11H14N6OS. The fourth-order valence-electron chi connectivity index (χ4n) is 2.00. The molecule has 0 bridgehead atoms. The number of likely N-dealkylation sites (N-methyl/N-ethyl adjacent to an activating group) is 1. The maximum atomic E-state index is 11.7. The van der Waals surface area contributed by atoms with E-state index in [4.69, 9.17) is 0 Å². The van der Waals surface area contributed by atoms with Crippen molar-refractivity contribution in [1.82, 2.24) is 19.1 Å². The Morgan fingerprint density at radius 1 is 1.37 bits per heavy atom. The van der Waals surface area contributed by atoms with E-state index in [9.17, 15) is 4.79 Å². The summed E-state index contributed by atoms with van der Waals surface area (Å²) < 4.78 is 5.94. The van der Waals surface area contributed by atoms with Crippen molar-refractivity contribution >= 4 is 29.2 Å². The molecule has 2 aromatic rings. The van der Waals surface area contributed by atoms with Crippen molar-refractivity contribution in [2.75, 3.05) is 24.2 Å². The first-order chi connectivity index (χ1) is 9.20. The quantitative estimate of drug-likeness (QED) is 0.871. The zero-order valence-corrected chi connectivity index (χ0v) is 11.3. The lowest BCUT2D eigenvalue weighted by Crippen LogP contribution is -2.30. The molecule has 0 saturated carbocycles. The molecule has 0 radical (unpaired) electrons. The molecule has 0 saturated heterocycles. The first-order valence-electron chi connectivity index (χ1n) is 5.94. The van der Waals surface area contributed by atoms with Gasteiger partial charge in [0.2, 0.25) is 0 Å². The number of carbonyl (C=O) groups is 1. The zero-order valence-electron chi connectivity index (χ0n) is 10.5. The van der Waals surface area contributed by atoms with Crippen LogP contribution in [0.2, 0.25) is 0 Å². The Labute approximate surface area is 114 Å². The average molecular weight is 278 g/mol. The highest BCUT2D eigenvalue weighted by molar-refractivity contribution is 7.03. The van der Waals surface area contributed by atoms with E-state index in [1.807, 2.05) is 10.7 Å². The molecule has 1 aliphatic heterocycles. The third-order valence-electron chi connectivity index (χ3n) is 2.91. The van der Waals surface area contributed by atoms with Crippen LogP contribution in [-0.4, -0.2) is 38.7 Å². The molecule has 2 N–H and O–H groups in total. The van der Waals surface area contributed by atoms with Gasteiger partial charge >= 0.3 is 6.03 Å². The summed E-state index contributed by atoms with van der Waals surface area (Å²) in [4.78, 5) is 14.0. The molecule has 0 spiro atoms. The lowest BCUT2D eigenvalue weighted by Gasteiger charge is -2.22. The molecule has 0 fully saturated rings. The highest BCUT2D eigenvalue weighted by Crippen LogP contribution is 2.15. The molecule has 2 aromatic heterocycles. The number of amides is 2. The van der Waals surface area contributed by atoms with Crippen LogP contribution in [0.25, 0.3) is 0 Å². The van der Waals surface area contributed by atoms with Crippen molar-refractivity contribution in [1.29, 1.82) is 0 Å². The van der Waals surface area contributed by atoms with E-state index < -0.39 is 0 Å². The molecule has 8 heteroatoms. The van der Waals surface area contributed by atoms with Crippen LogP contribution >= 0.6 is 11.5 Å². The van der Waals surface area contributed by atoms with E-state index in [0.29, 0.717) is 11.6 Å². The van der Waals surface area contributed by atoms with E-state index in [-0.39, 0.29) is 6.03 Å². The van der Waals surface area contributed by atoms with Crippen molar-refractivity contribution in [3.05, 3.63) is 23.2 Å². The second-order valence-electron chi connectivity index (χ2n) is 4.45. The smallest absolute Gasteiger partial charge is 0.299 e. The summed E-state index contributed by atoms with van der Waals surface area (Å²) in [5.74, 6) is 1.12. The van der Waals surface area contributed by atoms with Crippen LogP contribution in [-0.2, 0) is 13.1 Å². The van der Waals surface area contributed by atoms with E-state index in [2.05, 4.69) is 32.1 Å². The Balaban J connectivity index is 1.65. The summed E-state index contributed by atoms with van der Waals surface area (Å²) in [6.07, 6.45) is 0. The predicted molar refractivity (Wildman–Crippen MR) is 73.3 cm³/mol. The van der Waals surface area contributed by atoms with Gasteiger partial charge in [-0.15, -0.1) is 0 Å². The number of hydrogen-bond acceptors (Lipinski definition) is 5. The minimum atomic E-state index is -0.324. The summed E-state index contributed by atoms with van der Waals surface area (Å²) in [6.45, 7) is 2.67. The van der Waals surface area contributed by atoms with Gasteiger partial charge in [0.25, 0.3) is 0 Å². The van der Waals surface area contributed by atoms with Crippen LogP contribution < -0.4 is 10.6 Å². The highest BCUT2D eigenvalue weighted by Gasteiger charge is 2.16. The normalized spacial score (nSPS) is 15.0. The fourth-order valence-corrected chi connectivity index (χ4v) is 2.47. The van der Waals surface area contributed by atoms with Crippen LogP contribution in [0.1, 0.15) is 5.69 Å². The van der Waals surface area contributed by atoms with E-state index >= 15 is 0 Å². The monoisotopic (exact) mass is 278 g/mol. The number of hydrogen-bond donors (Lipinski definition) is 2. The molecular weight excluding hydrogens is 264 g/mol. The van der Waals surface area contributed by atoms with Crippen molar-refractivity contribution in [2.45, 2.75) is 13.1 Å². The van der Waals surface area contributed by atoms with Crippen molar-refractivity contribution in [2.24, 2.45) is 0 Å². The van der Waals surface area contributed by atoms with Crippen molar-refractivity contribution < 1.29 is 4.79 Å². The Kier molecular flexibility index (Phi) is 3.18. The summed E-state index contributed by atoms with van der Waals surface area (Å²) in [5.41, 5.74) is 1.11. The van der Waals surface area contributed by atoms with Gasteiger partial charge in [0, 0.05) is 24.5 Å². The summed E-state index contributed by atoms with van der Waals surface area (Å²) in [7, 11) is 2.07. The molecule has 2 amide bonds. The molecule has 3 heterocycles. The SMILES string of the molecule is CN1CCn2nc(NC(=O)Nc3ccsn3)cc2C1. The van der Waals surface area contributed by atoms with Gasteiger partial charge in [-0.05, 0) is 24.6 Å². The van der Waals surface area contributed by atoms with Crippen LogP contribution in [0.15, 0.2) is 17.5 Å². The Morgan fingerprint density at radius 3 is 3.00 bits per heavy atom. The van der Waals surface area contributed by atoms with Gasteiger partial charge in [-0.2, -0.15) is 9.47 Å². The van der Waals surface area contributed by atoms with Gasteiger partial charge in [-0.1, -0.05) is 0 Å². The summed E-state index contributed by atoms with van der Waals surface area (Å²) in [6, 6.07) is 3.32. The standard InChI is InChI=1S/C11H14N6OS/c1-16-3-4-17-8(7-16)6-10(14-17)13-11(18)12-9-2-5-19-15-9/h2,5-6H,3-4,7H2,1H3,(H2,12,13,14,15,18). The number of nitrogens with zero attached hydrogens (tertiary/aromatic N) is 4. The zero-order chi connectivity index (χ0) is 13.2. The molecule has 7 nitrogen and oxygen atoms in total. The summed E-state index contributed by atoms with van der Waals surface area (Å²) >= 11 is 1.29.